The van der Waals surface area contributed by atoms with Crippen LogP contribution in [0.4, 0.5) is 19.3 Å². The number of aliphatic hydroxyl groups is 1. The number of urea groups is 1. The number of halogens is 2. The van der Waals surface area contributed by atoms with Crippen molar-refractivity contribution in [3.8, 4) is 0 Å². The van der Waals surface area contributed by atoms with Crippen molar-refractivity contribution in [3.05, 3.63) is 29.8 Å². The zero-order valence-corrected chi connectivity index (χ0v) is 10.7. The Balaban J connectivity index is 2.61. The number of methoxy groups -OCH3 is 1. The Labute approximate surface area is 109 Å². The summed E-state index contributed by atoms with van der Waals surface area (Å²) in [4.78, 5) is 12.8. The van der Waals surface area contributed by atoms with Crippen molar-refractivity contribution in [1.82, 2.24) is 4.90 Å². The number of likely N-dealkylation sites (N-methyl/N-ethyl adjacent to an activating group) is 1. The van der Waals surface area contributed by atoms with Gasteiger partial charge >= 0.3 is 6.03 Å². The third-order valence-corrected chi connectivity index (χ3v) is 2.38. The molecule has 0 fully saturated rings. The molecule has 106 valence electrons. The molecule has 5 nitrogen and oxygen atoms in total. The fourth-order valence-corrected chi connectivity index (χ4v) is 1.46. The van der Waals surface area contributed by atoms with Gasteiger partial charge in [-0.3, -0.25) is 0 Å². The predicted octanol–water partition coefficient (Wildman–Crippen LogP) is 1.44. The van der Waals surface area contributed by atoms with Gasteiger partial charge in [-0.25, -0.2) is 13.6 Å². The summed E-state index contributed by atoms with van der Waals surface area (Å²) in [7, 11) is 2.84. The maximum absolute atomic E-state index is 13.3. The molecular weight excluding hydrogens is 258 g/mol. The summed E-state index contributed by atoms with van der Waals surface area (Å²) >= 11 is 0. The van der Waals surface area contributed by atoms with Gasteiger partial charge in [0.1, 0.15) is 0 Å². The minimum absolute atomic E-state index is 0.0105. The van der Waals surface area contributed by atoms with Crippen molar-refractivity contribution in [2.45, 2.75) is 6.10 Å². The van der Waals surface area contributed by atoms with Crippen LogP contribution in [0.3, 0.4) is 0 Å². The number of ether oxygens (including phenoxy) is 1. The number of nitrogens with zero attached hydrogens (tertiary/aromatic N) is 1. The summed E-state index contributed by atoms with van der Waals surface area (Å²) in [5, 5.41) is 11.7. The summed E-state index contributed by atoms with van der Waals surface area (Å²) in [6.45, 7) is 0.0859. The lowest BCUT2D eigenvalue weighted by Gasteiger charge is -2.21. The molecular formula is C12H16F2N2O3. The highest BCUT2D eigenvalue weighted by Gasteiger charge is 2.16. The number of aliphatic hydroxyl groups excluding tert-OH is 1. The van der Waals surface area contributed by atoms with E-state index in [1.807, 2.05) is 0 Å². The van der Waals surface area contributed by atoms with Crippen molar-refractivity contribution < 1.29 is 23.4 Å². The minimum atomic E-state index is -1.12. The second-order valence-corrected chi connectivity index (χ2v) is 4.02. The van der Waals surface area contributed by atoms with Crippen LogP contribution in [-0.4, -0.2) is 49.5 Å². The topological polar surface area (TPSA) is 61.8 Å². The van der Waals surface area contributed by atoms with Gasteiger partial charge in [0.25, 0.3) is 0 Å². The van der Waals surface area contributed by atoms with E-state index in [1.54, 1.807) is 0 Å². The van der Waals surface area contributed by atoms with Crippen LogP contribution in [0.2, 0.25) is 0 Å². The highest BCUT2D eigenvalue weighted by molar-refractivity contribution is 5.89. The van der Waals surface area contributed by atoms with Crippen LogP contribution in [-0.2, 0) is 4.74 Å². The van der Waals surface area contributed by atoms with Crippen LogP contribution in [0.25, 0.3) is 0 Å². The van der Waals surface area contributed by atoms with Crippen molar-refractivity contribution in [3.63, 3.8) is 0 Å². The molecule has 0 spiro atoms. The molecule has 0 saturated carbocycles. The molecule has 0 aromatic heterocycles. The monoisotopic (exact) mass is 274 g/mol. The van der Waals surface area contributed by atoms with Crippen LogP contribution in [0.5, 0.6) is 0 Å². The van der Waals surface area contributed by atoms with E-state index in [1.165, 1.54) is 26.3 Å². The lowest BCUT2D eigenvalue weighted by Crippen LogP contribution is -2.38. The van der Waals surface area contributed by atoms with Gasteiger partial charge in [-0.05, 0) is 12.1 Å². The number of nitrogens with one attached hydrogen (secondary N) is 1. The Morgan fingerprint density at radius 2 is 2.21 bits per heavy atom. The molecule has 2 amide bonds. The summed E-state index contributed by atoms with van der Waals surface area (Å²) in [5.41, 5.74) is -0.252. The van der Waals surface area contributed by atoms with Crippen LogP contribution in [0, 0.1) is 11.6 Å². The zero-order chi connectivity index (χ0) is 14.4. The Morgan fingerprint density at radius 3 is 2.84 bits per heavy atom. The second kappa shape index (κ2) is 7.01. The molecule has 0 bridgehead atoms. The SMILES string of the molecule is COCC(O)CN(C)C(=O)Nc1cccc(F)c1F. The van der Waals surface area contributed by atoms with E-state index in [2.05, 4.69) is 5.32 Å². The largest absolute Gasteiger partial charge is 0.389 e. The first-order chi connectivity index (χ1) is 8.95. The van der Waals surface area contributed by atoms with Gasteiger partial charge in [-0.1, -0.05) is 6.07 Å². The van der Waals surface area contributed by atoms with E-state index in [0.29, 0.717) is 0 Å². The first-order valence-corrected chi connectivity index (χ1v) is 5.58. The third-order valence-electron chi connectivity index (χ3n) is 2.38. The van der Waals surface area contributed by atoms with Crippen molar-refractivity contribution in [1.29, 1.82) is 0 Å². The Kier molecular flexibility index (Phi) is 5.65. The number of amides is 2. The average Bonchev–Trinajstić information content (AvgIpc) is 2.35. The van der Waals surface area contributed by atoms with E-state index in [9.17, 15) is 18.7 Å². The van der Waals surface area contributed by atoms with E-state index >= 15 is 0 Å². The standard InChI is InChI=1S/C12H16F2N2O3/c1-16(6-8(17)7-19-2)12(18)15-10-5-3-4-9(13)11(10)14/h3-5,8,17H,6-7H2,1-2H3,(H,15,18). The molecule has 0 aliphatic heterocycles. The molecule has 1 aromatic carbocycles. The molecule has 0 saturated heterocycles. The van der Waals surface area contributed by atoms with Crippen molar-refractivity contribution in [2.75, 3.05) is 32.6 Å². The van der Waals surface area contributed by atoms with Crippen molar-refractivity contribution >= 4 is 11.7 Å². The highest BCUT2D eigenvalue weighted by atomic mass is 19.2. The van der Waals surface area contributed by atoms with Gasteiger partial charge in [0.15, 0.2) is 11.6 Å². The molecule has 0 radical (unpaired) electrons. The van der Waals surface area contributed by atoms with E-state index in [4.69, 9.17) is 4.74 Å². The molecule has 1 atom stereocenters. The predicted molar refractivity (Wildman–Crippen MR) is 65.9 cm³/mol. The quantitative estimate of drug-likeness (QED) is 0.854. The maximum Gasteiger partial charge on any atom is 0.321 e. The molecule has 0 heterocycles. The summed E-state index contributed by atoms with van der Waals surface area (Å²) in [5.74, 6) is -2.17. The van der Waals surface area contributed by atoms with Gasteiger partial charge in [0.05, 0.1) is 24.9 Å². The Bertz CT molecular complexity index is 443. The fourth-order valence-electron chi connectivity index (χ4n) is 1.46. The summed E-state index contributed by atoms with van der Waals surface area (Å²) in [6, 6.07) is 2.83. The highest BCUT2D eigenvalue weighted by Crippen LogP contribution is 2.16. The number of anilines is 1. The van der Waals surface area contributed by atoms with E-state index in [-0.39, 0.29) is 18.8 Å². The average molecular weight is 274 g/mol. The Hall–Kier alpha value is -1.73. The molecule has 0 aliphatic carbocycles. The molecule has 1 unspecified atom stereocenters. The van der Waals surface area contributed by atoms with Gasteiger partial charge < -0.3 is 20.1 Å². The number of carbonyl (C=O) groups is 1. The van der Waals surface area contributed by atoms with E-state index in [0.717, 1.165) is 11.0 Å². The lowest BCUT2D eigenvalue weighted by atomic mass is 10.3. The van der Waals surface area contributed by atoms with Crippen LogP contribution < -0.4 is 5.32 Å². The first-order valence-electron chi connectivity index (χ1n) is 5.58. The molecule has 2 N–H and O–H groups in total. The second-order valence-electron chi connectivity index (χ2n) is 4.02. The maximum atomic E-state index is 13.3. The number of hydrogen-bond donors (Lipinski definition) is 2. The normalized spacial score (nSPS) is 12.1. The van der Waals surface area contributed by atoms with Crippen molar-refractivity contribution in [2.24, 2.45) is 0 Å². The zero-order valence-electron chi connectivity index (χ0n) is 10.7. The van der Waals surface area contributed by atoms with Gasteiger partial charge in [-0.15, -0.1) is 0 Å². The fraction of sp³-hybridized carbons (Fsp3) is 0.417. The third kappa shape index (κ3) is 4.46. The van der Waals surface area contributed by atoms with Gasteiger partial charge in [0, 0.05) is 14.2 Å². The number of hydrogen-bond acceptors (Lipinski definition) is 3. The number of carbonyl (C=O) groups excluding carboxylic acids is 1. The van der Waals surface area contributed by atoms with Crippen LogP contribution in [0.15, 0.2) is 18.2 Å². The molecule has 19 heavy (non-hydrogen) atoms. The van der Waals surface area contributed by atoms with Crippen LogP contribution >= 0.6 is 0 Å². The van der Waals surface area contributed by atoms with Gasteiger partial charge in [0.2, 0.25) is 0 Å². The molecule has 1 rings (SSSR count). The number of rotatable bonds is 5. The Morgan fingerprint density at radius 1 is 1.53 bits per heavy atom. The first kappa shape index (κ1) is 15.3. The summed E-state index contributed by atoms with van der Waals surface area (Å²) in [6.07, 6.45) is -0.849. The number of benzene rings is 1. The minimum Gasteiger partial charge on any atom is -0.389 e. The molecule has 0 aliphatic rings. The summed E-state index contributed by atoms with van der Waals surface area (Å²) < 4.78 is 31.0. The van der Waals surface area contributed by atoms with E-state index < -0.39 is 23.8 Å². The molecule has 1 aromatic rings. The van der Waals surface area contributed by atoms with Crippen LogP contribution in [0.1, 0.15) is 0 Å². The smallest absolute Gasteiger partial charge is 0.321 e. The lowest BCUT2D eigenvalue weighted by molar-refractivity contribution is 0.0501. The van der Waals surface area contributed by atoms with Gasteiger partial charge in [-0.2, -0.15) is 0 Å². The molecule has 7 heteroatoms.